The minimum Gasteiger partial charge on any atom is -0.506 e. The molecule has 7 heteroatoms. The second-order valence-corrected chi connectivity index (χ2v) is 6.69. The summed E-state index contributed by atoms with van der Waals surface area (Å²) >= 11 is 1.43. The van der Waals surface area contributed by atoms with Gasteiger partial charge in [0.25, 0.3) is 5.22 Å². The number of phenolic OH excluding ortho intramolecular Hbond substituents is 1. The number of amides is 1. The molecule has 1 heterocycles. The maximum absolute atomic E-state index is 11.9. The largest absolute Gasteiger partial charge is 0.506 e. The summed E-state index contributed by atoms with van der Waals surface area (Å²) in [7, 11) is 0. The smallest absolute Gasteiger partial charge is 0.276 e. The second-order valence-electron chi connectivity index (χ2n) is 5.64. The Hall–Kier alpha value is -2.80. The molecule has 3 rings (SSSR count). The van der Waals surface area contributed by atoms with Gasteiger partial charge in [-0.25, -0.2) is 0 Å². The van der Waals surface area contributed by atoms with Gasteiger partial charge < -0.3 is 14.8 Å². The number of carbonyl (C=O) groups is 1. The Labute approximate surface area is 155 Å². The van der Waals surface area contributed by atoms with Crippen LogP contribution in [0.2, 0.25) is 0 Å². The number of carbonyl (C=O) groups excluding carboxylic acids is 1. The van der Waals surface area contributed by atoms with Crippen LogP contribution in [0.5, 0.6) is 5.75 Å². The molecule has 0 aliphatic rings. The number of hydrogen-bond acceptors (Lipinski definition) is 6. The zero-order chi connectivity index (χ0) is 18.2. The standard InChI is InChI=1S/C19H19N3O3S/c23-16-10-5-4-9-15(16)20-17(24)11-6-12-26-19-22-21-18(25-19)13-14-7-2-1-3-8-14/h1-5,7-10,23H,6,11-13H2,(H,20,24). The molecule has 0 aliphatic carbocycles. The first-order chi connectivity index (χ1) is 12.7. The lowest BCUT2D eigenvalue weighted by Crippen LogP contribution is -2.11. The Morgan fingerprint density at radius 1 is 1.08 bits per heavy atom. The van der Waals surface area contributed by atoms with Gasteiger partial charge in [-0.3, -0.25) is 4.79 Å². The predicted molar refractivity (Wildman–Crippen MR) is 100 cm³/mol. The maximum atomic E-state index is 11.9. The van der Waals surface area contributed by atoms with Crippen molar-refractivity contribution in [2.24, 2.45) is 0 Å². The first-order valence-corrected chi connectivity index (χ1v) is 9.26. The van der Waals surface area contributed by atoms with Gasteiger partial charge >= 0.3 is 0 Å². The third kappa shape index (κ3) is 5.35. The van der Waals surface area contributed by atoms with E-state index in [1.165, 1.54) is 17.8 Å². The van der Waals surface area contributed by atoms with Gasteiger partial charge in [-0.2, -0.15) is 0 Å². The monoisotopic (exact) mass is 369 g/mol. The summed E-state index contributed by atoms with van der Waals surface area (Å²) in [5, 5.41) is 20.9. The molecule has 2 aromatic carbocycles. The highest BCUT2D eigenvalue weighted by Crippen LogP contribution is 2.22. The topological polar surface area (TPSA) is 88.2 Å². The van der Waals surface area contributed by atoms with E-state index in [1.54, 1.807) is 18.2 Å². The van der Waals surface area contributed by atoms with E-state index >= 15 is 0 Å². The highest BCUT2D eigenvalue weighted by molar-refractivity contribution is 7.99. The van der Waals surface area contributed by atoms with Gasteiger partial charge in [-0.15, -0.1) is 10.2 Å². The van der Waals surface area contributed by atoms with Crippen molar-refractivity contribution >= 4 is 23.4 Å². The maximum Gasteiger partial charge on any atom is 0.276 e. The number of aromatic hydroxyl groups is 1. The molecule has 0 unspecified atom stereocenters. The van der Waals surface area contributed by atoms with Gasteiger partial charge in [-0.1, -0.05) is 54.2 Å². The Balaban J connectivity index is 1.39. The molecule has 0 bridgehead atoms. The number of aromatic nitrogens is 2. The van der Waals surface area contributed by atoms with Crippen molar-refractivity contribution in [1.29, 1.82) is 0 Å². The third-order valence-electron chi connectivity index (χ3n) is 3.60. The quantitative estimate of drug-likeness (QED) is 0.356. The van der Waals surface area contributed by atoms with Crippen molar-refractivity contribution in [3.05, 3.63) is 66.1 Å². The number of para-hydroxylation sites is 2. The van der Waals surface area contributed by atoms with E-state index < -0.39 is 0 Å². The lowest BCUT2D eigenvalue weighted by Gasteiger charge is -2.06. The van der Waals surface area contributed by atoms with Crippen LogP contribution in [0.25, 0.3) is 0 Å². The molecule has 0 atom stereocenters. The van der Waals surface area contributed by atoms with Crippen molar-refractivity contribution in [2.75, 3.05) is 11.1 Å². The summed E-state index contributed by atoms with van der Waals surface area (Å²) in [4.78, 5) is 11.9. The fourth-order valence-corrected chi connectivity index (χ4v) is 3.04. The number of nitrogens with zero attached hydrogens (tertiary/aromatic N) is 2. The van der Waals surface area contributed by atoms with Crippen LogP contribution in [0.15, 0.2) is 64.2 Å². The number of hydrogen-bond donors (Lipinski definition) is 2. The summed E-state index contributed by atoms with van der Waals surface area (Å²) in [5.41, 5.74) is 1.54. The van der Waals surface area contributed by atoms with Crippen molar-refractivity contribution in [3.63, 3.8) is 0 Å². The van der Waals surface area contributed by atoms with Crippen LogP contribution >= 0.6 is 11.8 Å². The molecule has 1 aromatic heterocycles. The van der Waals surface area contributed by atoms with Crippen LogP contribution in [0.1, 0.15) is 24.3 Å². The summed E-state index contributed by atoms with van der Waals surface area (Å²) < 4.78 is 5.61. The molecule has 0 saturated carbocycles. The summed E-state index contributed by atoms with van der Waals surface area (Å²) in [6, 6.07) is 16.6. The summed E-state index contributed by atoms with van der Waals surface area (Å²) in [6.07, 6.45) is 1.63. The molecular weight excluding hydrogens is 350 g/mol. The first kappa shape index (κ1) is 18.0. The van der Waals surface area contributed by atoms with Crippen LogP contribution in [0.4, 0.5) is 5.69 Å². The van der Waals surface area contributed by atoms with E-state index in [4.69, 9.17) is 4.42 Å². The van der Waals surface area contributed by atoms with Gasteiger partial charge in [0.15, 0.2) is 0 Å². The zero-order valence-electron chi connectivity index (χ0n) is 14.1. The van der Waals surface area contributed by atoms with Gasteiger partial charge in [0, 0.05) is 12.2 Å². The van der Waals surface area contributed by atoms with E-state index in [-0.39, 0.29) is 11.7 Å². The van der Waals surface area contributed by atoms with Crippen LogP contribution in [0.3, 0.4) is 0 Å². The van der Waals surface area contributed by atoms with Crippen LogP contribution < -0.4 is 5.32 Å². The number of nitrogens with one attached hydrogen (secondary N) is 1. The molecule has 0 aliphatic heterocycles. The summed E-state index contributed by atoms with van der Waals surface area (Å²) in [5.74, 6) is 1.20. The molecule has 0 saturated heterocycles. The minimum atomic E-state index is -0.137. The number of benzene rings is 2. The minimum absolute atomic E-state index is 0.0621. The Bertz CT molecular complexity index is 852. The SMILES string of the molecule is O=C(CCCSc1nnc(Cc2ccccc2)o1)Nc1ccccc1O. The Morgan fingerprint density at radius 2 is 1.85 bits per heavy atom. The Kier molecular flexibility index (Phi) is 6.27. The lowest BCUT2D eigenvalue weighted by molar-refractivity contribution is -0.116. The van der Waals surface area contributed by atoms with E-state index in [2.05, 4.69) is 15.5 Å². The second kappa shape index (κ2) is 9.05. The van der Waals surface area contributed by atoms with Crippen molar-refractivity contribution < 1.29 is 14.3 Å². The first-order valence-electron chi connectivity index (χ1n) is 8.27. The molecule has 134 valence electrons. The van der Waals surface area contributed by atoms with Crippen molar-refractivity contribution in [2.45, 2.75) is 24.5 Å². The van der Waals surface area contributed by atoms with Crippen molar-refractivity contribution in [3.8, 4) is 5.75 Å². The van der Waals surface area contributed by atoms with Gasteiger partial charge in [0.05, 0.1) is 12.1 Å². The number of anilines is 1. The van der Waals surface area contributed by atoms with Gasteiger partial charge in [0.1, 0.15) is 5.75 Å². The Morgan fingerprint density at radius 3 is 2.65 bits per heavy atom. The number of rotatable bonds is 8. The number of thioether (sulfide) groups is 1. The number of phenols is 1. The molecule has 6 nitrogen and oxygen atoms in total. The van der Waals surface area contributed by atoms with Crippen molar-refractivity contribution in [1.82, 2.24) is 10.2 Å². The lowest BCUT2D eigenvalue weighted by atomic mass is 10.2. The van der Waals surface area contributed by atoms with E-state index in [1.807, 2.05) is 30.3 Å². The highest BCUT2D eigenvalue weighted by Gasteiger charge is 2.09. The zero-order valence-corrected chi connectivity index (χ0v) is 14.9. The molecule has 0 fully saturated rings. The van der Waals surface area contributed by atoms with E-state index in [0.29, 0.717) is 41.8 Å². The normalized spacial score (nSPS) is 10.6. The highest BCUT2D eigenvalue weighted by atomic mass is 32.2. The fraction of sp³-hybridized carbons (Fsp3) is 0.211. The van der Waals surface area contributed by atoms with E-state index in [9.17, 15) is 9.90 Å². The average Bonchev–Trinajstić information content (AvgIpc) is 3.09. The van der Waals surface area contributed by atoms with Gasteiger partial charge in [0.2, 0.25) is 11.8 Å². The van der Waals surface area contributed by atoms with Crippen LogP contribution in [0, 0.1) is 0 Å². The molecule has 1 amide bonds. The van der Waals surface area contributed by atoms with E-state index in [0.717, 1.165) is 5.56 Å². The van der Waals surface area contributed by atoms with Gasteiger partial charge in [-0.05, 0) is 24.1 Å². The average molecular weight is 369 g/mol. The molecule has 2 N–H and O–H groups in total. The van der Waals surface area contributed by atoms with Crippen LogP contribution in [-0.4, -0.2) is 27.0 Å². The molecule has 3 aromatic rings. The fourth-order valence-electron chi connectivity index (χ4n) is 2.32. The molecule has 26 heavy (non-hydrogen) atoms. The predicted octanol–water partition coefficient (Wildman–Crippen LogP) is 3.88. The molecule has 0 spiro atoms. The summed E-state index contributed by atoms with van der Waals surface area (Å²) in [6.45, 7) is 0. The molecule has 0 radical (unpaired) electrons. The van der Waals surface area contributed by atoms with Crippen LogP contribution in [-0.2, 0) is 11.2 Å². The third-order valence-corrected chi connectivity index (χ3v) is 4.50. The molecular formula is C19H19N3O3S.